The lowest BCUT2D eigenvalue weighted by Gasteiger charge is -2.34. The van der Waals surface area contributed by atoms with Crippen LogP contribution in [-0.2, 0) is 9.59 Å². The lowest BCUT2D eigenvalue weighted by molar-refractivity contribution is -0.136. The highest BCUT2D eigenvalue weighted by molar-refractivity contribution is 6.14. The number of nitrogens with zero attached hydrogens (tertiary/aromatic N) is 5. The van der Waals surface area contributed by atoms with E-state index in [2.05, 4.69) is 30.8 Å². The number of anilines is 1. The van der Waals surface area contributed by atoms with Gasteiger partial charge < -0.3 is 20.1 Å². The van der Waals surface area contributed by atoms with Crippen molar-refractivity contribution >= 4 is 29.4 Å². The molecule has 12 heteroatoms. The molecule has 0 radical (unpaired) electrons. The Hall–Kier alpha value is -3.70. The number of rotatable bonds is 9. The van der Waals surface area contributed by atoms with Crippen molar-refractivity contribution in [1.29, 1.82) is 0 Å². The first-order valence-electron chi connectivity index (χ1n) is 12.9. The Morgan fingerprint density at radius 1 is 1.21 bits per heavy atom. The third-order valence-electron chi connectivity index (χ3n) is 6.70. The number of carbonyl (C=O) groups is 2. The van der Waals surface area contributed by atoms with Crippen molar-refractivity contribution in [2.24, 2.45) is 9.98 Å². The van der Waals surface area contributed by atoms with Crippen LogP contribution in [0, 0.1) is 11.6 Å². The molecule has 38 heavy (non-hydrogen) atoms. The molecule has 1 aromatic carbocycles. The summed E-state index contributed by atoms with van der Waals surface area (Å²) in [6.07, 6.45) is 2.80. The molecule has 2 aliphatic rings. The summed E-state index contributed by atoms with van der Waals surface area (Å²) in [5.74, 6) is -1.23. The zero-order chi connectivity index (χ0) is 27.4. The van der Waals surface area contributed by atoms with E-state index in [4.69, 9.17) is 4.52 Å². The maximum atomic E-state index is 14.2. The molecule has 0 bridgehead atoms. The zero-order valence-electron chi connectivity index (χ0n) is 22.0. The Labute approximate surface area is 220 Å². The molecule has 0 spiro atoms. The highest BCUT2D eigenvalue weighted by Gasteiger charge is 2.31. The summed E-state index contributed by atoms with van der Waals surface area (Å²) in [4.78, 5) is 41.3. The fraction of sp³-hybridized carbons (Fsp3) is 0.538. The Bertz CT molecular complexity index is 1240. The normalized spacial score (nSPS) is 19.1. The number of hydrogen-bond donors (Lipinski definition) is 2. The van der Waals surface area contributed by atoms with Gasteiger partial charge in [0.15, 0.2) is 5.82 Å². The lowest BCUT2D eigenvalue weighted by Crippen LogP contribution is -2.50. The van der Waals surface area contributed by atoms with Gasteiger partial charge >= 0.3 is 6.01 Å². The van der Waals surface area contributed by atoms with Crippen LogP contribution in [-0.4, -0.2) is 69.6 Å². The van der Waals surface area contributed by atoms with Crippen LogP contribution in [0.3, 0.4) is 0 Å². The number of nitrogens with one attached hydrogen (secondary N) is 2. The first kappa shape index (κ1) is 27.3. The molecule has 2 aromatic rings. The largest absolute Gasteiger partial charge is 0.345 e. The smallest absolute Gasteiger partial charge is 0.322 e. The maximum Gasteiger partial charge on any atom is 0.322 e. The summed E-state index contributed by atoms with van der Waals surface area (Å²) in [5, 5.41) is 9.67. The number of halogens is 2. The standard InChI is InChI=1S/C26H33F2N7O3/c1-14(2)23-33-26(38-34-23)32-20(12-22(36)35-10-6-5-7-15(35)3)25(37)30-16(4)24-29-13-21(31-24)18-9-8-17(27)11-19(18)28/h8-9,11,14-16,20H,5-7,10,12-13H2,1-4H3,(H,30,37)(H,32,33,34)/t15-,16-,20-/m0/s1. The zero-order valence-corrected chi connectivity index (χ0v) is 22.0. The number of amides is 2. The second-order valence-electron chi connectivity index (χ2n) is 10.0. The minimum absolute atomic E-state index is 0.0239. The van der Waals surface area contributed by atoms with E-state index in [9.17, 15) is 18.4 Å². The number of amidine groups is 1. The second-order valence-corrected chi connectivity index (χ2v) is 10.0. The molecular weight excluding hydrogens is 496 g/mol. The summed E-state index contributed by atoms with van der Waals surface area (Å²) < 4.78 is 32.7. The molecule has 0 aliphatic carbocycles. The molecule has 1 aromatic heterocycles. The molecule has 3 heterocycles. The summed E-state index contributed by atoms with van der Waals surface area (Å²) in [7, 11) is 0. The monoisotopic (exact) mass is 529 g/mol. The van der Waals surface area contributed by atoms with Crippen LogP contribution in [0.1, 0.15) is 70.7 Å². The van der Waals surface area contributed by atoms with Gasteiger partial charge in [-0.05, 0) is 45.2 Å². The van der Waals surface area contributed by atoms with Crippen molar-refractivity contribution in [2.75, 3.05) is 18.4 Å². The third-order valence-corrected chi connectivity index (χ3v) is 6.70. The minimum atomic E-state index is -0.987. The fourth-order valence-electron chi connectivity index (χ4n) is 4.49. The van der Waals surface area contributed by atoms with Crippen LogP contribution in [0.5, 0.6) is 0 Å². The third kappa shape index (κ3) is 6.40. The van der Waals surface area contributed by atoms with Gasteiger partial charge in [-0.2, -0.15) is 4.98 Å². The van der Waals surface area contributed by atoms with Crippen molar-refractivity contribution in [3.63, 3.8) is 0 Å². The fourth-order valence-corrected chi connectivity index (χ4v) is 4.49. The number of carbonyl (C=O) groups excluding carboxylic acids is 2. The van der Waals surface area contributed by atoms with E-state index in [-0.39, 0.29) is 42.4 Å². The van der Waals surface area contributed by atoms with Crippen LogP contribution < -0.4 is 10.6 Å². The van der Waals surface area contributed by atoms with Gasteiger partial charge in [0.05, 0.1) is 24.7 Å². The van der Waals surface area contributed by atoms with E-state index in [1.807, 2.05) is 20.8 Å². The average Bonchev–Trinajstić information content (AvgIpc) is 3.54. The molecule has 0 unspecified atom stereocenters. The van der Waals surface area contributed by atoms with Crippen molar-refractivity contribution in [1.82, 2.24) is 20.4 Å². The van der Waals surface area contributed by atoms with E-state index in [1.54, 1.807) is 11.8 Å². The van der Waals surface area contributed by atoms with Crippen LogP contribution in [0.2, 0.25) is 0 Å². The summed E-state index contributed by atoms with van der Waals surface area (Å²) in [6.45, 7) is 8.28. The van der Waals surface area contributed by atoms with Gasteiger partial charge in [-0.3, -0.25) is 14.6 Å². The maximum absolute atomic E-state index is 14.2. The van der Waals surface area contributed by atoms with Crippen LogP contribution in [0.15, 0.2) is 32.7 Å². The van der Waals surface area contributed by atoms with Crippen molar-refractivity contribution < 1.29 is 22.9 Å². The Balaban J connectivity index is 1.47. The van der Waals surface area contributed by atoms with E-state index >= 15 is 0 Å². The Kier molecular flexibility index (Phi) is 8.48. The number of piperidine rings is 1. The topological polar surface area (TPSA) is 125 Å². The van der Waals surface area contributed by atoms with Crippen LogP contribution in [0.25, 0.3) is 0 Å². The van der Waals surface area contributed by atoms with Gasteiger partial charge in [0.2, 0.25) is 11.8 Å². The number of aliphatic imine (C=N–C) groups is 2. The van der Waals surface area contributed by atoms with Crippen molar-refractivity contribution in [3.8, 4) is 0 Å². The number of hydrogen-bond acceptors (Lipinski definition) is 8. The van der Waals surface area contributed by atoms with Gasteiger partial charge in [0, 0.05) is 30.1 Å². The molecule has 3 atom stereocenters. The highest BCUT2D eigenvalue weighted by atomic mass is 19.1. The van der Waals surface area contributed by atoms with Gasteiger partial charge in [-0.1, -0.05) is 19.0 Å². The Morgan fingerprint density at radius 2 is 2.00 bits per heavy atom. The summed E-state index contributed by atoms with van der Waals surface area (Å²) >= 11 is 0. The first-order chi connectivity index (χ1) is 18.1. The minimum Gasteiger partial charge on any atom is -0.345 e. The van der Waals surface area contributed by atoms with E-state index in [1.165, 1.54) is 6.07 Å². The van der Waals surface area contributed by atoms with Gasteiger partial charge in [-0.25, -0.2) is 13.8 Å². The Morgan fingerprint density at radius 3 is 2.68 bits per heavy atom. The molecule has 2 N–H and O–H groups in total. The first-order valence-corrected chi connectivity index (χ1v) is 12.9. The quantitative estimate of drug-likeness (QED) is 0.513. The molecule has 4 rings (SSSR count). The van der Waals surface area contributed by atoms with Crippen molar-refractivity contribution in [3.05, 3.63) is 41.2 Å². The van der Waals surface area contributed by atoms with Crippen LogP contribution in [0.4, 0.5) is 14.8 Å². The molecule has 10 nitrogen and oxygen atoms in total. The van der Waals surface area contributed by atoms with Gasteiger partial charge in [0.1, 0.15) is 23.5 Å². The predicted octanol–water partition coefficient (Wildman–Crippen LogP) is 3.45. The second kappa shape index (κ2) is 11.8. The summed E-state index contributed by atoms with van der Waals surface area (Å²) in [6, 6.07) is 1.79. The van der Waals surface area contributed by atoms with E-state index in [0.29, 0.717) is 23.9 Å². The number of likely N-dealkylation sites (tertiary alicyclic amines) is 1. The molecule has 0 saturated carbocycles. The highest BCUT2D eigenvalue weighted by Crippen LogP contribution is 2.20. The number of aromatic nitrogens is 2. The van der Waals surface area contributed by atoms with Gasteiger partial charge in [0.25, 0.3) is 0 Å². The van der Waals surface area contributed by atoms with E-state index < -0.39 is 29.6 Å². The van der Waals surface area contributed by atoms with Gasteiger partial charge in [-0.15, -0.1) is 0 Å². The summed E-state index contributed by atoms with van der Waals surface area (Å²) in [5.41, 5.74) is 0.497. The molecule has 1 saturated heterocycles. The molecule has 204 valence electrons. The molecule has 2 amide bonds. The molecule has 1 fully saturated rings. The molecule has 2 aliphatic heterocycles. The number of benzene rings is 1. The molecular formula is C26H33F2N7O3. The SMILES string of the molecule is CC(C)c1noc(N[C@@H](CC(=O)N2CCCC[C@@H]2C)C(=O)N[C@@H](C)C2=NCC(c3ccc(F)cc3F)=N2)n1. The lowest BCUT2D eigenvalue weighted by atomic mass is 10.0. The van der Waals surface area contributed by atoms with Crippen molar-refractivity contribution in [2.45, 2.75) is 77.4 Å². The average molecular weight is 530 g/mol. The van der Waals surface area contributed by atoms with Crippen LogP contribution >= 0.6 is 0 Å². The van der Waals surface area contributed by atoms with E-state index in [0.717, 1.165) is 31.4 Å². The predicted molar refractivity (Wildman–Crippen MR) is 138 cm³/mol.